The monoisotopic (exact) mass is 478 g/mol. The molecule has 3 rings (SSSR count). The zero-order chi connectivity index (χ0) is 25.0. The number of para-hydroxylation sites is 1. The minimum absolute atomic E-state index is 0.0578. The van der Waals surface area contributed by atoms with Gasteiger partial charge >= 0.3 is 6.18 Å². The molecule has 180 valence electrons. The Hall–Kier alpha value is -3.76. The lowest BCUT2D eigenvalue weighted by Gasteiger charge is -2.23. The molecule has 11 heteroatoms. The minimum atomic E-state index is -4.55. The Labute approximate surface area is 192 Å². The first-order valence-electron chi connectivity index (χ1n) is 10.3. The number of benzodiazepines with no additional fused rings is 1. The highest BCUT2D eigenvalue weighted by atomic mass is 19.4. The third-order valence-electron chi connectivity index (χ3n) is 5.32. The average molecular weight is 478 g/mol. The number of alkyl halides is 3. The third-order valence-corrected chi connectivity index (χ3v) is 5.32. The van der Waals surface area contributed by atoms with Crippen molar-refractivity contribution in [1.82, 2.24) is 5.32 Å². The average Bonchev–Trinajstić information content (AvgIpc) is 2.87. The lowest BCUT2D eigenvalue weighted by atomic mass is 9.97. The quantitative estimate of drug-likeness (QED) is 0.598. The van der Waals surface area contributed by atoms with Crippen molar-refractivity contribution >= 4 is 29.1 Å². The van der Waals surface area contributed by atoms with Crippen LogP contribution in [0.4, 0.5) is 23.2 Å². The highest BCUT2D eigenvalue weighted by molar-refractivity contribution is 6.20. The maximum atomic E-state index is 14.7. The summed E-state index contributed by atoms with van der Waals surface area (Å²) in [5.74, 6) is -4.87. The number of amides is 3. The standard InChI is InChI=1S/C23H22F4N4O3/c1-31-19-15(8-5-9-16(19)24)18(13-6-3-2-4-7-13)29-20(22(31)34)30-21(33)14(12-17(28)32)10-11-23(25,26)27/h2-9,14,20H,10-12H2,1H3,(H2,28,32)(H,30,33). The van der Waals surface area contributed by atoms with E-state index in [0.29, 0.717) is 11.1 Å². The van der Waals surface area contributed by atoms with Gasteiger partial charge in [0.2, 0.25) is 18.0 Å². The van der Waals surface area contributed by atoms with Gasteiger partial charge in [-0.2, -0.15) is 13.2 Å². The highest BCUT2D eigenvalue weighted by Crippen LogP contribution is 2.30. The SMILES string of the molecule is CN1C(=O)C(NC(=O)C(CCC(F)(F)F)CC(N)=O)N=C(c2ccccc2)c2cccc(F)c21. The molecule has 3 amide bonds. The Balaban J connectivity index is 2.00. The van der Waals surface area contributed by atoms with Crippen LogP contribution < -0.4 is 16.0 Å². The predicted octanol–water partition coefficient (Wildman–Crippen LogP) is 2.92. The number of nitrogens with zero attached hydrogens (tertiary/aromatic N) is 2. The Morgan fingerprint density at radius 3 is 2.44 bits per heavy atom. The second-order valence-corrected chi connectivity index (χ2v) is 7.81. The molecule has 0 fully saturated rings. The first-order chi connectivity index (χ1) is 16.0. The van der Waals surface area contributed by atoms with Gasteiger partial charge in [-0.1, -0.05) is 42.5 Å². The number of rotatable bonds is 7. The van der Waals surface area contributed by atoms with Gasteiger partial charge in [-0.05, 0) is 12.5 Å². The van der Waals surface area contributed by atoms with Gasteiger partial charge in [-0.25, -0.2) is 9.38 Å². The highest BCUT2D eigenvalue weighted by Gasteiger charge is 2.36. The van der Waals surface area contributed by atoms with Crippen LogP contribution in [0.5, 0.6) is 0 Å². The van der Waals surface area contributed by atoms with Crippen molar-refractivity contribution in [3.8, 4) is 0 Å². The third kappa shape index (κ3) is 5.77. The number of nitrogens with one attached hydrogen (secondary N) is 1. The topological polar surface area (TPSA) is 105 Å². The number of halogens is 4. The molecular weight excluding hydrogens is 456 g/mol. The van der Waals surface area contributed by atoms with Crippen LogP contribution in [-0.4, -0.2) is 42.8 Å². The zero-order valence-corrected chi connectivity index (χ0v) is 18.1. The van der Waals surface area contributed by atoms with E-state index in [1.54, 1.807) is 36.4 Å². The molecule has 0 spiro atoms. The van der Waals surface area contributed by atoms with Crippen molar-refractivity contribution in [2.45, 2.75) is 31.6 Å². The van der Waals surface area contributed by atoms with Crippen LogP contribution in [0.2, 0.25) is 0 Å². The number of hydrogen-bond acceptors (Lipinski definition) is 4. The molecule has 0 bridgehead atoms. The number of anilines is 1. The second kappa shape index (κ2) is 10.0. The second-order valence-electron chi connectivity index (χ2n) is 7.81. The molecule has 0 saturated carbocycles. The van der Waals surface area contributed by atoms with Crippen LogP contribution in [0.1, 0.15) is 30.4 Å². The van der Waals surface area contributed by atoms with Gasteiger partial charge in [0.1, 0.15) is 5.82 Å². The van der Waals surface area contributed by atoms with Crippen molar-refractivity contribution in [3.63, 3.8) is 0 Å². The molecular formula is C23H22F4N4O3. The van der Waals surface area contributed by atoms with Crippen molar-refractivity contribution in [2.24, 2.45) is 16.6 Å². The molecule has 2 aromatic carbocycles. The van der Waals surface area contributed by atoms with Crippen molar-refractivity contribution in [2.75, 3.05) is 11.9 Å². The summed E-state index contributed by atoms with van der Waals surface area (Å²) < 4.78 is 52.9. The minimum Gasteiger partial charge on any atom is -0.370 e. The van der Waals surface area contributed by atoms with E-state index < -0.39 is 61.1 Å². The van der Waals surface area contributed by atoms with Gasteiger partial charge in [0.15, 0.2) is 0 Å². The molecule has 2 aromatic rings. The summed E-state index contributed by atoms with van der Waals surface area (Å²) in [5, 5.41) is 2.32. The van der Waals surface area contributed by atoms with E-state index in [1.807, 2.05) is 0 Å². The van der Waals surface area contributed by atoms with E-state index >= 15 is 0 Å². The van der Waals surface area contributed by atoms with Crippen molar-refractivity contribution < 1.29 is 31.9 Å². The summed E-state index contributed by atoms with van der Waals surface area (Å²) in [6, 6.07) is 12.7. The molecule has 1 aliphatic heterocycles. The van der Waals surface area contributed by atoms with Gasteiger partial charge < -0.3 is 16.0 Å². The van der Waals surface area contributed by atoms with Gasteiger partial charge in [0, 0.05) is 36.9 Å². The molecule has 0 aromatic heterocycles. The van der Waals surface area contributed by atoms with Crippen LogP contribution in [0.15, 0.2) is 53.5 Å². The predicted molar refractivity (Wildman–Crippen MR) is 116 cm³/mol. The zero-order valence-electron chi connectivity index (χ0n) is 18.1. The van der Waals surface area contributed by atoms with Crippen LogP contribution in [-0.2, 0) is 14.4 Å². The number of carbonyl (C=O) groups excluding carboxylic acids is 3. The van der Waals surface area contributed by atoms with Crippen LogP contribution in [0.25, 0.3) is 0 Å². The van der Waals surface area contributed by atoms with Gasteiger partial charge in [0.05, 0.1) is 11.4 Å². The molecule has 1 aliphatic rings. The maximum Gasteiger partial charge on any atom is 0.389 e. The molecule has 1 heterocycles. The largest absolute Gasteiger partial charge is 0.389 e. The van der Waals surface area contributed by atoms with Crippen LogP contribution in [0.3, 0.4) is 0 Å². The molecule has 2 atom stereocenters. The summed E-state index contributed by atoms with van der Waals surface area (Å²) in [5.41, 5.74) is 6.08. The summed E-state index contributed by atoms with van der Waals surface area (Å²) in [6.45, 7) is 0. The molecule has 3 N–H and O–H groups in total. The number of fused-ring (bicyclic) bond motifs is 1. The summed E-state index contributed by atoms with van der Waals surface area (Å²) >= 11 is 0. The van der Waals surface area contributed by atoms with Crippen molar-refractivity contribution in [1.29, 1.82) is 0 Å². The Bertz CT molecular complexity index is 1120. The van der Waals surface area contributed by atoms with E-state index in [0.717, 1.165) is 4.90 Å². The lowest BCUT2D eigenvalue weighted by Crippen LogP contribution is -2.48. The fourth-order valence-electron chi connectivity index (χ4n) is 3.67. The number of hydrogen-bond donors (Lipinski definition) is 2. The maximum absolute atomic E-state index is 14.7. The number of benzene rings is 2. The van der Waals surface area contributed by atoms with E-state index in [-0.39, 0.29) is 11.4 Å². The number of primary amides is 1. The molecule has 0 radical (unpaired) electrons. The van der Waals surface area contributed by atoms with Gasteiger partial charge in [-0.15, -0.1) is 0 Å². The van der Waals surface area contributed by atoms with Crippen LogP contribution in [0, 0.1) is 11.7 Å². The summed E-state index contributed by atoms with van der Waals surface area (Å²) in [6.07, 6.45) is -8.76. The number of carbonyl (C=O) groups is 3. The Morgan fingerprint density at radius 2 is 1.82 bits per heavy atom. The summed E-state index contributed by atoms with van der Waals surface area (Å²) in [4.78, 5) is 42.6. The van der Waals surface area contributed by atoms with Gasteiger partial charge in [0.25, 0.3) is 5.91 Å². The lowest BCUT2D eigenvalue weighted by molar-refractivity contribution is -0.143. The first kappa shape index (κ1) is 24.9. The Kier molecular flexibility index (Phi) is 7.33. The molecule has 0 saturated heterocycles. The van der Waals surface area contributed by atoms with E-state index in [2.05, 4.69) is 10.3 Å². The number of likely N-dealkylation sites (N-methyl/N-ethyl adjacent to an activating group) is 1. The smallest absolute Gasteiger partial charge is 0.370 e. The fraction of sp³-hybridized carbons (Fsp3) is 0.304. The molecule has 0 aliphatic carbocycles. The molecule has 2 unspecified atom stereocenters. The van der Waals surface area contributed by atoms with Crippen molar-refractivity contribution in [3.05, 3.63) is 65.5 Å². The first-order valence-corrected chi connectivity index (χ1v) is 10.3. The molecule has 34 heavy (non-hydrogen) atoms. The Morgan fingerprint density at radius 1 is 1.15 bits per heavy atom. The van der Waals surface area contributed by atoms with E-state index in [4.69, 9.17) is 5.73 Å². The fourth-order valence-corrected chi connectivity index (χ4v) is 3.67. The molecule has 7 nitrogen and oxygen atoms in total. The normalized spacial score (nSPS) is 16.9. The van der Waals surface area contributed by atoms with E-state index in [1.165, 1.54) is 19.2 Å². The van der Waals surface area contributed by atoms with Gasteiger partial charge in [-0.3, -0.25) is 14.4 Å². The number of nitrogens with two attached hydrogens (primary N) is 1. The summed E-state index contributed by atoms with van der Waals surface area (Å²) in [7, 11) is 1.30. The van der Waals surface area contributed by atoms with Crippen LogP contribution >= 0.6 is 0 Å². The van der Waals surface area contributed by atoms with E-state index in [9.17, 15) is 31.9 Å². The number of aliphatic imine (C=N–C) groups is 1.